The van der Waals surface area contributed by atoms with E-state index in [-0.39, 0.29) is 12.7 Å². The molecule has 0 aliphatic carbocycles. The summed E-state index contributed by atoms with van der Waals surface area (Å²) < 4.78 is 5.31. The van der Waals surface area contributed by atoms with Crippen LogP contribution in [0, 0.1) is 0 Å². The predicted molar refractivity (Wildman–Crippen MR) is 58.6 cm³/mol. The first-order chi connectivity index (χ1) is 6.54. The lowest BCUT2D eigenvalue weighted by molar-refractivity contribution is 0.130. The maximum Gasteiger partial charge on any atom is 0.140 e. The van der Waals surface area contributed by atoms with Crippen LogP contribution in [0.5, 0.6) is 5.75 Å². The minimum absolute atomic E-state index is 0.0867. The molecule has 0 saturated carbocycles. The smallest absolute Gasteiger partial charge is 0.140 e. The van der Waals surface area contributed by atoms with Gasteiger partial charge in [-0.1, -0.05) is 34.8 Å². The van der Waals surface area contributed by atoms with E-state index in [1.807, 2.05) is 0 Å². The van der Waals surface area contributed by atoms with Crippen LogP contribution in [0.25, 0.3) is 0 Å². The molecule has 1 N–H and O–H groups in total. The van der Waals surface area contributed by atoms with E-state index in [0.717, 1.165) is 0 Å². The van der Waals surface area contributed by atoms with Crippen molar-refractivity contribution < 1.29 is 9.84 Å². The topological polar surface area (TPSA) is 29.5 Å². The van der Waals surface area contributed by atoms with E-state index in [4.69, 9.17) is 44.6 Å². The molecule has 78 valence electrons. The van der Waals surface area contributed by atoms with Gasteiger partial charge in [-0.15, -0.1) is 0 Å². The standard InChI is InChI=1S/C9H9Cl3O2/c1-5(4-13)14-9-3-7(11)6(10)2-8(9)12/h2-3,5,13H,4H2,1H3/t5-/m1/s1. The normalized spacial score (nSPS) is 12.6. The molecule has 0 spiro atoms. The van der Waals surface area contributed by atoms with Crippen LogP contribution in [0.3, 0.4) is 0 Å². The average Bonchev–Trinajstić information content (AvgIpc) is 2.14. The summed E-state index contributed by atoms with van der Waals surface area (Å²) in [7, 11) is 0. The molecule has 2 nitrogen and oxygen atoms in total. The van der Waals surface area contributed by atoms with Crippen molar-refractivity contribution in [3.8, 4) is 5.75 Å². The van der Waals surface area contributed by atoms with Gasteiger partial charge in [-0.25, -0.2) is 0 Å². The van der Waals surface area contributed by atoms with Gasteiger partial charge < -0.3 is 9.84 Å². The van der Waals surface area contributed by atoms with Crippen LogP contribution in [0.2, 0.25) is 15.1 Å². The molecule has 0 radical (unpaired) electrons. The largest absolute Gasteiger partial charge is 0.487 e. The summed E-state index contributed by atoms with van der Waals surface area (Å²) in [5.41, 5.74) is 0. The van der Waals surface area contributed by atoms with Gasteiger partial charge in [-0.3, -0.25) is 0 Å². The van der Waals surface area contributed by atoms with Gasteiger partial charge in [0.1, 0.15) is 11.9 Å². The number of ether oxygens (including phenoxy) is 1. The first-order valence-electron chi connectivity index (χ1n) is 3.96. The second kappa shape index (κ2) is 5.08. The second-order valence-electron chi connectivity index (χ2n) is 2.81. The fraction of sp³-hybridized carbons (Fsp3) is 0.333. The van der Waals surface area contributed by atoms with Gasteiger partial charge in [0.15, 0.2) is 0 Å². The van der Waals surface area contributed by atoms with Crippen LogP contribution < -0.4 is 4.74 Å². The molecule has 0 saturated heterocycles. The Morgan fingerprint density at radius 2 is 1.79 bits per heavy atom. The van der Waals surface area contributed by atoms with Crippen LogP contribution in [0.4, 0.5) is 0 Å². The molecule has 0 heterocycles. The molecule has 1 aromatic rings. The quantitative estimate of drug-likeness (QED) is 0.839. The molecule has 1 rings (SSSR count). The number of rotatable bonds is 3. The molecule has 0 bridgehead atoms. The second-order valence-corrected chi connectivity index (χ2v) is 4.03. The molecule has 0 fully saturated rings. The highest BCUT2D eigenvalue weighted by atomic mass is 35.5. The highest BCUT2D eigenvalue weighted by molar-refractivity contribution is 6.43. The van der Waals surface area contributed by atoms with E-state index >= 15 is 0 Å². The van der Waals surface area contributed by atoms with Gasteiger partial charge in [-0.2, -0.15) is 0 Å². The lowest BCUT2D eigenvalue weighted by Crippen LogP contribution is -2.16. The highest BCUT2D eigenvalue weighted by Gasteiger charge is 2.09. The predicted octanol–water partition coefficient (Wildman–Crippen LogP) is 3.41. The number of benzene rings is 1. The van der Waals surface area contributed by atoms with E-state index < -0.39 is 0 Å². The summed E-state index contributed by atoms with van der Waals surface area (Å²) in [6.45, 7) is 1.63. The summed E-state index contributed by atoms with van der Waals surface area (Å²) in [6.07, 6.45) is -0.329. The highest BCUT2D eigenvalue weighted by Crippen LogP contribution is 2.34. The summed E-state index contributed by atoms with van der Waals surface area (Å²) >= 11 is 17.4. The van der Waals surface area contributed by atoms with Crippen LogP contribution in [-0.2, 0) is 0 Å². The Morgan fingerprint density at radius 1 is 1.21 bits per heavy atom. The van der Waals surface area contributed by atoms with Crippen LogP contribution in [0.15, 0.2) is 12.1 Å². The fourth-order valence-corrected chi connectivity index (χ4v) is 1.43. The summed E-state index contributed by atoms with van der Waals surface area (Å²) in [5, 5.41) is 9.91. The van der Waals surface area contributed by atoms with E-state index in [9.17, 15) is 0 Å². The van der Waals surface area contributed by atoms with Crippen molar-refractivity contribution in [2.24, 2.45) is 0 Å². The Labute approximate surface area is 97.3 Å². The molecule has 0 aliphatic heterocycles. The molecule has 0 aromatic heterocycles. The Morgan fingerprint density at radius 3 is 2.36 bits per heavy atom. The van der Waals surface area contributed by atoms with Gasteiger partial charge in [0.05, 0.1) is 21.7 Å². The first-order valence-corrected chi connectivity index (χ1v) is 5.10. The zero-order chi connectivity index (χ0) is 10.7. The number of aliphatic hydroxyl groups excluding tert-OH is 1. The SMILES string of the molecule is C[C@H](CO)Oc1cc(Cl)c(Cl)cc1Cl. The zero-order valence-electron chi connectivity index (χ0n) is 7.43. The van der Waals surface area contributed by atoms with Gasteiger partial charge in [0.25, 0.3) is 0 Å². The van der Waals surface area contributed by atoms with Gasteiger partial charge in [-0.05, 0) is 13.0 Å². The van der Waals surface area contributed by atoms with Crippen molar-refractivity contribution in [2.75, 3.05) is 6.61 Å². The minimum Gasteiger partial charge on any atom is -0.487 e. The van der Waals surface area contributed by atoms with Gasteiger partial charge >= 0.3 is 0 Å². The third-order valence-corrected chi connectivity index (χ3v) is 2.58. The molecule has 14 heavy (non-hydrogen) atoms. The average molecular weight is 256 g/mol. The van der Waals surface area contributed by atoms with Crippen molar-refractivity contribution in [2.45, 2.75) is 13.0 Å². The van der Waals surface area contributed by atoms with E-state index in [0.29, 0.717) is 20.8 Å². The molecule has 5 heteroatoms. The molecule has 1 atom stereocenters. The van der Waals surface area contributed by atoms with E-state index in [1.54, 1.807) is 6.92 Å². The maximum atomic E-state index is 8.78. The molecular weight excluding hydrogens is 246 g/mol. The first kappa shape index (κ1) is 11.9. The lowest BCUT2D eigenvalue weighted by Gasteiger charge is -2.13. The summed E-state index contributed by atoms with van der Waals surface area (Å²) in [4.78, 5) is 0. The molecular formula is C9H9Cl3O2. The van der Waals surface area contributed by atoms with Crippen molar-refractivity contribution in [3.05, 3.63) is 27.2 Å². The van der Waals surface area contributed by atoms with Crippen molar-refractivity contribution in [1.29, 1.82) is 0 Å². The van der Waals surface area contributed by atoms with Crippen LogP contribution >= 0.6 is 34.8 Å². The van der Waals surface area contributed by atoms with E-state index in [1.165, 1.54) is 12.1 Å². The van der Waals surface area contributed by atoms with Crippen LogP contribution in [0.1, 0.15) is 6.92 Å². The lowest BCUT2D eigenvalue weighted by atomic mass is 10.3. The number of hydrogen-bond acceptors (Lipinski definition) is 2. The third-order valence-electron chi connectivity index (χ3n) is 1.56. The Hall–Kier alpha value is -0.150. The molecule has 0 amide bonds. The monoisotopic (exact) mass is 254 g/mol. The number of hydrogen-bond donors (Lipinski definition) is 1. The van der Waals surface area contributed by atoms with Crippen LogP contribution in [-0.4, -0.2) is 17.8 Å². The third kappa shape index (κ3) is 2.92. The Kier molecular flexibility index (Phi) is 4.32. The zero-order valence-corrected chi connectivity index (χ0v) is 9.70. The summed E-state index contributed by atoms with van der Waals surface area (Å²) in [6, 6.07) is 3.03. The molecule has 1 aromatic carbocycles. The number of halogens is 3. The molecule has 0 aliphatic rings. The Balaban J connectivity index is 2.92. The maximum absolute atomic E-state index is 8.78. The van der Waals surface area contributed by atoms with Crippen molar-refractivity contribution in [3.63, 3.8) is 0 Å². The van der Waals surface area contributed by atoms with Gasteiger partial charge in [0, 0.05) is 6.07 Å². The minimum atomic E-state index is -0.329. The fourth-order valence-electron chi connectivity index (χ4n) is 0.849. The van der Waals surface area contributed by atoms with Crippen molar-refractivity contribution >= 4 is 34.8 Å². The van der Waals surface area contributed by atoms with Gasteiger partial charge in [0.2, 0.25) is 0 Å². The van der Waals surface area contributed by atoms with Crippen molar-refractivity contribution in [1.82, 2.24) is 0 Å². The van der Waals surface area contributed by atoms with E-state index in [2.05, 4.69) is 0 Å². The Bertz CT molecular complexity index is 328. The summed E-state index contributed by atoms with van der Waals surface area (Å²) in [5.74, 6) is 0.419. The molecule has 0 unspecified atom stereocenters. The number of aliphatic hydroxyl groups is 1.